The van der Waals surface area contributed by atoms with Crippen LogP contribution in [0.2, 0.25) is 0 Å². The van der Waals surface area contributed by atoms with E-state index in [0.717, 1.165) is 36.9 Å². The highest BCUT2D eigenvalue weighted by Crippen LogP contribution is 2.21. The number of thiophene rings is 1. The summed E-state index contributed by atoms with van der Waals surface area (Å²) in [6, 6.07) is 3.94. The lowest BCUT2D eigenvalue weighted by molar-refractivity contribution is -0.132. The number of rotatable bonds is 4. The first-order chi connectivity index (χ1) is 9.84. The lowest BCUT2D eigenvalue weighted by atomic mass is 10.3. The van der Waals surface area contributed by atoms with Gasteiger partial charge in [-0.25, -0.2) is 4.68 Å². The lowest BCUT2D eigenvalue weighted by Gasteiger charge is -2.27. The molecular weight excluding hydrogens is 276 g/mol. The molecule has 1 N–H and O–H groups in total. The fraction of sp³-hybridized carbons (Fsp3) is 0.500. The molecule has 106 valence electrons. The standard InChI is InChI=1S/C12H16N6OS/c19-11(17-7-4-13-5-8-17)3-6-18-12(14-15-16-18)10-2-1-9-20-10/h1-2,9,13H,3-8H2. The van der Waals surface area contributed by atoms with Crippen molar-refractivity contribution < 1.29 is 4.79 Å². The van der Waals surface area contributed by atoms with Crippen LogP contribution in [-0.2, 0) is 11.3 Å². The number of hydrogen-bond donors (Lipinski definition) is 1. The minimum atomic E-state index is 0.166. The summed E-state index contributed by atoms with van der Waals surface area (Å²) in [5.74, 6) is 0.896. The van der Waals surface area contributed by atoms with Gasteiger partial charge >= 0.3 is 0 Å². The van der Waals surface area contributed by atoms with Gasteiger partial charge in [0.05, 0.1) is 11.4 Å². The van der Waals surface area contributed by atoms with E-state index in [1.165, 1.54) is 0 Å². The first-order valence-electron chi connectivity index (χ1n) is 6.63. The van der Waals surface area contributed by atoms with Gasteiger partial charge in [0.1, 0.15) is 0 Å². The van der Waals surface area contributed by atoms with Crippen molar-refractivity contribution in [3.63, 3.8) is 0 Å². The SMILES string of the molecule is O=C(CCn1nnnc1-c1cccs1)N1CCNCC1. The van der Waals surface area contributed by atoms with Gasteiger partial charge in [0.15, 0.2) is 5.82 Å². The van der Waals surface area contributed by atoms with Crippen LogP contribution in [0.3, 0.4) is 0 Å². The van der Waals surface area contributed by atoms with E-state index in [4.69, 9.17) is 0 Å². The second-order valence-corrected chi connectivity index (χ2v) is 5.53. The summed E-state index contributed by atoms with van der Waals surface area (Å²) in [6.45, 7) is 3.83. The highest BCUT2D eigenvalue weighted by Gasteiger charge is 2.17. The first-order valence-corrected chi connectivity index (χ1v) is 7.51. The summed E-state index contributed by atoms with van der Waals surface area (Å²) in [4.78, 5) is 15.0. The van der Waals surface area contributed by atoms with Crippen molar-refractivity contribution in [2.24, 2.45) is 0 Å². The van der Waals surface area contributed by atoms with Crippen LogP contribution in [-0.4, -0.2) is 57.2 Å². The minimum absolute atomic E-state index is 0.166. The molecule has 20 heavy (non-hydrogen) atoms. The van der Waals surface area contributed by atoms with Crippen molar-refractivity contribution in [3.05, 3.63) is 17.5 Å². The Morgan fingerprint density at radius 2 is 2.25 bits per heavy atom. The zero-order chi connectivity index (χ0) is 13.8. The molecule has 1 amide bonds. The predicted octanol–water partition coefficient (Wildman–Crippen LogP) is 0.223. The van der Waals surface area contributed by atoms with Crippen molar-refractivity contribution in [2.45, 2.75) is 13.0 Å². The molecular formula is C12H16N6OS. The third kappa shape index (κ3) is 2.86. The van der Waals surface area contributed by atoms with Crippen molar-refractivity contribution in [2.75, 3.05) is 26.2 Å². The molecule has 0 bridgehead atoms. The van der Waals surface area contributed by atoms with Crippen molar-refractivity contribution in [1.29, 1.82) is 0 Å². The molecule has 1 saturated heterocycles. The second-order valence-electron chi connectivity index (χ2n) is 4.58. The Kier molecular flexibility index (Phi) is 4.03. The van der Waals surface area contributed by atoms with Crippen LogP contribution in [0.25, 0.3) is 10.7 Å². The maximum atomic E-state index is 12.1. The zero-order valence-electron chi connectivity index (χ0n) is 11.0. The number of tetrazole rings is 1. The average molecular weight is 292 g/mol. The maximum absolute atomic E-state index is 12.1. The van der Waals surface area contributed by atoms with E-state index in [2.05, 4.69) is 20.8 Å². The molecule has 1 aliphatic heterocycles. The van der Waals surface area contributed by atoms with E-state index in [1.807, 2.05) is 22.4 Å². The summed E-state index contributed by atoms with van der Waals surface area (Å²) in [6.07, 6.45) is 0.434. The highest BCUT2D eigenvalue weighted by atomic mass is 32.1. The fourth-order valence-electron chi connectivity index (χ4n) is 2.21. The number of piperazine rings is 1. The van der Waals surface area contributed by atoms with Gasteiger partial charge in [-0.1, -0.05) is 6.07 Å². The Hall–Kier alpha value is -1.80. The summed E-state index contributed by atoms with van der Waals surface area (Å²) < 4.78 is 1.70. The molecule has 3 rings (SSSR count). The van der Waals surface area contributed by atoms with Gasteiger partial charge in [-0.05, 0) is 21.9 Å². The summed E-state index contributed by atoms with van der Waals surface area (Å²) in [7, 11) is 0. The number of carbonyl (C=O) groups is 1. The highest BCUT2D eigenvalue weighted by molar-refractivity contribution is 7.13. The summed E-state index contributed by atoms with van der Waals surface area (Å²) in [5, 5.41) is 16.9. The number of nitrogens with one attached hydrogen (secondary N) is 1. The van der Waals surface area contributed by atoms with Gasteiger partial charge in [0, 0.05) is 32.6 Å². The molecule has 0 atom stereocenters. The van der Waals surface area contributed by atoms with Crippen LogP contribution >= 0.6 is 11.3 Å². The molecule has 1 fully saturated rings. The number of amides is 1. The Balaban J connectivity index is 1.61. The van der Waals surface area contributed by atoms with Gasteiger partial charge in [0.25, 0.3) is 0 Å². The van der Waals surface area contributed by atoms with Gasteiger partial charge < -0.3 is 10.2 Å². The van der Waals surface area contributed by atoms with E-state index in [9.17, 15) is 4.79 Å². The van der Waals surface area contributed by atoms with Crippen LogP contribution < -0.4 is 5.32 Å². The van der Waals surface area contributed by atoms with Gasteiger partial charge in [0.2, 0.25) is 5.91 Å². The molecule has 2 aromatic heterocycles. The minimum Gasteiger partial charge on any atom is -0.340 e. The molecule has 0 radical (unpaired) electrons. The molecule has 3 heterocycles. The number of aromatic nitrogens is 4. The van der Waals surface area contributed by atoms with Crippen LogP contribution in [0.1, 0.15) is 6.42 Å². The van der Waals surface area contributed by atoms with E-state index in [-0.39, 0.29) is 5.91 Å². The predicted molar refractivity (Wildman–Crippen MR) is 75.2 cm³/mol. The molecule has 2 aromatic rings. The maximum Gasteiger partial charge on any atom is 0.224 e. The third-order valence-corrected chi connectivity index (χ3v) is 4.15. The van der Waals surface area contributed by atoms with E-state index in [1.54, 1.807) is 16.0 Å². The summed E-state index contributed by atoms with van der Waals surface area (Å²) >= 11 is 1.59. The molecule has 8 heteroatoms. The van der Waals surface area contributed by atoms with Gasteiger partial charge in [-0.15, -0.1) is 16.4 Å². The number of carbonyl (C=O) groups excluding carboxylic acids is 1. The largest absolute Gasteiger partial charge is 0.340 e. The molecule has 1 aliphatic rings. The smallest absolute Gasteiger partial charge is 0.224 e. The average Bonchev–Trinajstić information content (AvgIpc) is 3.16. The quantitative estimate of drug-likeness (QED) is 0.872. The second kappa shape index (κ2) is 6.10. The van der Waals surface area contributed by atoms with Crippen LogP contribution in [0.15, 0.2) is 17.5 Å². The summed E-state index contributed by atoms with van der Waals surface area (Å²) in [5.41, 5.74) is 0. The number of aryl methyl sites for hydroxylation is 1. The number of hydrogen-bond acceptors (Lipinski definition) is 6. The van der Waals surface area contributed by atoms with E-state index >= 15 is 0 Å². The van der Waals surface area contributed by atoms with Gasteiger partial charge in [-0.3, -0.25) is 4.79 Å². The van der Waals surface area contributed by atoms with E-state index in [0.29, 0.717) is 13.0 Å². The monoisotopic (exact) mass is 292 g/mol. The van der Waals surface area contributed by atoms with Crippen molar-refractivity contribution in [1.82, 2.24) is 30.4 Å². The molecule has 7 nitrogen and oxygen atoms in total. The van der Waals surface area contributed by atoms with Crippen molar-refractivity contribution in [3.8, 4) is 10.7 Å². The van der Waals surface area contributed by atoms with Gasteiger partial charge in [-0.2, -0.15) is 0 Å². The molecule has 0 spiro atoms. The Morgan fingerprint density at radius 3 is 3.00 bits per heavy atom. The van der Waals surface area contributed by atoms with Crippen LogP contribution in [0, 0.1) is 0 Å². The molecule has 0 unspecified atom stereocenters. The molecule has 0 aliphatic carbocycles. The topological polar surface area (TPSA) is 75.9 Å². The normalized spacial score (nSPS) is 15.5. The Labute approximate surface area is 120 Å². The Bertz CT molecular complexity index is 560. The first kappa shape index (κ1) is 13.2. The lowest BCUT2D eigenvalue weighted by Crippen LogP contribution is -2.46. The molecule has 0 aromatic carbocycles. The van der Waals surface area contributed by atoms with E-state index < -0.39 is 0 Å². The van der Waals surface area contributed by atoms with Crippen LogP contribution in [0.4, 0.5) is 0 Å². The van der Waals surface area contributed by atoms with Crippen molar-refractivity contribution >= 4 is 17.2 Å². The fourth-order valence-corrected chi connectivity index (χ4v) is 2.92. The molecule has 0 saturated carbocycles. The zero-order valence-corrected chi connectivity index (χ0v) is 11.8. The van der Waals surface area contributed by atoms with Crippen LogP contribution in [0.5, 0.6) is 0 Å². The third-order valence-electron chi connectivity index (χ3n) is 3.28. The Morgan fingerprint density at radius 1 is 1.40 bits per heavy atom. The number of nitrogens with zero attached hydrogens (tertiary/aromatic N) is 5.